The van der Waals surface area contributed by atoms with Crippen LogP contribution in [0.15, 0.2) is 43.4 Å². The number of hydrogen-bond donors (Lipinski definition) is 0. The number of methoxy groups -OCH3 is 1. The van der Waals surface area contributed by atoms with Gasteiger partial charge in [-0.1, -0.05) is 6.08 Å². The summed E-state index contributed by atoms with van der Waals surface area (Å²) in [4.78, 5) is 21.1. The van der Waals surface area contributed by atoms with E-state index in [2.05, 4.69) is 27.8 Å². The highest BCUT2D eigenvalue weighted by molar-refractivity contribution is 5.94. The Bertz CT molecular complexity index is 758. The van der Waals surface area contributed by atoms with Crippen LogP contribution in [0.1, 0.15) is 22.3 Å². The monoisotopic (exact) mass is 355 g/mol. The lowest BCUT2D eigenvalue weighted by atomic mass is 10.2. The number of rotatable bonds is 6. The fourth-order valence-electron chi connectivity index (χ4n) is 3.15. The van der Waals surface area contributed by atoms with Crippen molar-refractivity contribution in [2.24, 2.45) is 0 Å². The minimum Gasteiger partial charge on any atom is -0.481 e. The van der Waals surface area contributed by atoms with Crippen molar-refractivity contribution in [1.82, 2.24) is 24.6 Å². The van der Waals surface area contributed by atoms with Gasteiger partial charge in [0.2, 0.25) is 5.88 Å². The highest BCUT2D eigenvalue weighted by Crippen LogP contribution is 2.14. The van der Waals surface area contributed by atoms with Crippen LogP contribution in [0.3, 0.4) is 0 Å². The Morgan fingerprint density at radius 1 is 1.35 bits per heavy atom. The van der Waals surface area contributed by atoms with Crippen molar-refractivity contribution in [2.75, 3.05) is 33.3 Å². The van der Waals surface area contributed by atoms with Crippen molar-refractivity contribution in [3.8, 4) is 5.88 Å². The molecule has 1 fully saturated rings. The molecule has 7 heteroatoms. The summed E-state index contributed by atoms with van der Waals surface area (Å²) in [6, 6.07) is 3.43. The average Bonchev–Trinajstić information content (AvgIpc) is 2.97. The normalized spacial score (nSPS) is 15.5. The molecule has 0 N–H and O–H groups in total. The summed E-state index contributed by atoms with van der Waals surface area (Å²) in [6.07, 6.45) is 8.35. The lowest BCUT2D eigenvalue weighted by molar-refractivity contribution is 0.0760. The molecule has 1 aliphatic rings. The number of allylic oxidation sites excluding steroid dienone is 1. The minimum atomic E-state index is 0.0337. The van der Waals surface area contributed by atoms with Crippen molar-refractivity contribution in [3.63, 3.8) is 0 Å². The van der Waals surface area contributed by atoms with Gasteiger partial charge in [0.05, 0.1) is 19.9 Å². The largest absolute Gasteiger partial charge is 0.481 e. The van der Waals surface area contributed by atoms with Gasteiger partial charge in [-0.25, -0.2) is 4.98 Å². The van der Waals surface area contributed by atoms with Crippen molar-refractivity contribution in [2.45, 2.75) is 19.5 Å². The molecular formula is C19H25N5O2. The van der Waals surface area contributed by atoms with Gasteiger partial charge in [0.25, 0.3) is 5.91 Å². The van der Waals surface area contributed by atoms with Crippen LogP contribution in [-0.4, -0.2) is 63.8 Å². The van der Waals surface area contributed by atoms with Crippen molar-refractivity contribution in [1.29, 1.82) is 0 Å². The summed E-state index contributed by atoms with van der Waals surface area (Å²) in [5.74, 6) is 0.496. The first-order valence-corrected chi connectivity index (χ1v) is 8.83. The number of ether oxygens (including phenoxy) is 1. The van der Waals surface area contributed by atoms with Crippen LogP contribution in [0.5, 0.6) is 5.88 Å². The van der Waals surface area contributed by atoms with E-state index in [9.17, 15) is 4.79 Å². The maximum atomic E-state index is 12.8. The Hall–Kier alpha value is -2.67. The maximum absolute atomic E-state index is 12.8. The lowest BCUT2D eigenvalue weighted by Gasteiger charge is -2.22. The minimum absolute atomic E-state index is 0.0337. The smallest absolute Gasteiger partial charge is 0.254 e. The molecule has 0 unspecified atom stereocenters. The zero-order valence-electron chi connectivity index (χ0n) is 15.2. The molecule has 3 rings (SSSR count). The zero-order valence-corrected chi connectivity index (χ0v) is 15.2. The standard InChI is InChI=1S/C19H25N5O2/c1-3-7-24-15-16(13-21-24)14-22-8-4-9-23(11-10-22)19(25)17-5-6-20-18(12-17)26-2/h3,5-6,12-13,15H,1,4,7-11,14H2,2H3. The Morgan fingerprint density at radius 2 is 2.23 bits per heavy atom. The summed E-state index contributed by atoms with van der Waals surface area (Å²) in [7, 11) is 1.55. The molecule has 138 valence electrons. The van der Waals surface area contributed by atoms with Gasteiger partial charge in [-0.15, -0.1) is 6.58 Å². The van der Waals surface area contributed by atoms with Crippen molar-refractivity contribution >= 4 is 5.91 Å². The molecule has 0 radical (unpaired) electrons. The molecule has 2 aromatic rings. The molecule has 1 amide bonds. The van der Waals surface area contributed by atoms with E-state index in [4.69, 9.17) is 4.74 Å². The van der Waals surface area contributed by atoms with E-state index < -0.39 is 0 Å². The van der Waals surface area contributed by atoms with E-state index in [0.717, 1.165) is 39.1 Å². The molecule has 2 aromatic heterocycles. The predicted octanol–water partition coefficient (Wildman–Crippen LogP) is 1.82. The van der Waals surface area contributed by atoms with Crippen LogP contribution in [0, 0.1) is 0 Å². The number of pyridine rings is 1. The maximum Gasteiger partial charge on any atom is 0.254 e. The third-order valence-corrected chi connectivity index (χ3v) is 4.48. The van der Waals surface area contributed by atoms with Gasteiger partial charge in [-0.2, -0.15) is 5.10 Å². The molecule has 0 bridgehead atoms. The topological polar surface area (TPSA) is 63.5 Å². The summed E-state index contributed by atoms with van der Waals surface area (Å²) in [5.41, 5.74) is 1.81. The Kier molecular flexibility index (Phi) is 6.01. The first-order chi connectivity index (χ1) is 12.7. The molecule has 0 saturated carbocycles. The molecule has 0 aromatic carbocycles. The number of nitrogens with zero attached hydrogens (tertiary/aromatic N) is 5. The van der Waals surface area contributed by atoms with Gasteiger partial charge < -0.3 is 9.64 Å². The van der Waals surface area contributed by atoms with Crippen LogP contribution in [0.4, 0.5) is 0 Å². The van der Waals surface area contributed by atoms with Crippen molar-refractivity contribution < 1.29 is 9.53 Å². The molecule has 0 aliphatic carbocycles. The lowest BCUT2D eigenvalue weighted by Crippen LogP contribution is -2.35. The summed E-state index contributed by atoms with van der Waals surface area (Å²) in [6.45, 7) is 8.59. The van der Waals surface area contributed by atoms with E-state index in [1.807, 2.05) is 21.9 Å². The van der Waals surface area contributed by atoms with E-state index in [1.54, 1.807) is 25.4 Å². The first kappa shape index (κ1) is 18.1. The molecule has 3 heterocycles. The molecule has 7 nitrogen and oxygen atoms in total. The zero-order chi connectivity index (χ0) is 18.4. The number of amides is 1. The fraction of sp³-hybridized carbons (Fsp3) is 0.421. The molecule has 1 saturated heterocycles. The van der Waals surface area contributed by atoms with E-state index in [1.165, 1.54) is 5.56 Å². The molecule has 26 heavy (non-hydrogen) atoms. The third kappa shape index (κ3) is 4.49. The third-order valence-electron chi connectivity index (χ3n) is 4.48. The van der Waals surface area contributed by atoms with Crippen LogP contribution >= 0.6 is 0 Å². The second kappa shape index (κ2) is 8.62. The SMILES string of the molecule is C=CCn1cc(CN2CCCN(C(=O)c3ccnc(OC)c3)CC2)cn1. The van der Waals surface area contributed by atoms with E-state index >= 15 is 0 Å². The highest BCUT2D eigenvalue weighted by atomic mass is 16.5. The molecule has 1 aliphatic heterocycles. The quantitative estimate of drug-likeness (QED) is 0.740. The van der Waals surface area contributed by atoms with E-state index in [0.29, 0.717) is 18.0 Å². The number of carbonyl (C=O) groups excluding carboxylic acids is 1. The van der Waals surface area contributed by atoms with Crippen LogP contribution in [-0.2, 0) is 13.1 Å². The summed E-state index contributed by atoms with van der Waals surface area (Å²) >= 11 is 0. The fourth-order valence-corrected chi connectivity index (χ4v) is 3.15. The van der Waals surface area contributed by atoms with Gasteiger partial charge in [-0.05, 0) is 12.5 Å². The van der Waals surface area contributed by atoms with Crippen LogP contribution in [0.2, 0.25) is 0 Å². The molecule has 0 atom stereocenters. The van der Waals surface area contributed by atoms with E-state index in [-0.39, 0.29) is 5.91 Å². The summed E-state index contributed by atoms with van der Waals surface area (Å²) in [5, 5.41) is 4.33. The Morgan fingerprint density at radius 3 is 3.04 bits per heavy atom. The highest BCUT2D eigenvalue weighted by Gasteiger charge is 2.21. The molecule has 0 spiro atoms. The first-order valence-electron chi connectivity index (χ1n) is 8.83. The van der Waals surface area contributed by atoms with Gasteiger partial charge in [0.15, 0.2) is 0 Å². The number of aromatic nitrogens is 3. The summed E-state index contributed by atoms with van der Waals surface area (Å²) < 4.78 is 7.00. The predicted molar refractivity (Wildman–Crippen MR) is 99.0 cm³/mol. The Balaban J connectivity index is 1.58. The van der Waals surface area contributed by atoms with Gasteiger partial charge in [0.1, 0.15) is 0 Å². The second-order valence-electron chi connectivity index (χ2n) is 6.37. The van der Waals surface area contributed by atoms with Crippen molar-refractivity contribution in [3.05, 3.63) is 54.5 Å². The number of hydrogen-bond acceptors (Lipinski definition) is 5. The second-order valence-corrected chi connectivity index (χ2v) is 6.37. The van der Waals surface area contributed by atoms with Gasteiger partial charge >= 0.3 is 0 Å². The Labute approximate surface area is 153 Å². The van der Waals surface area contributed by atoms with Crippen LogP contribution < -0.4 is 4.74 Å². The van der Waals surface area contributed by atoms with Crippen LogP contribution in [0.25, 0.3) is 0 Å². The molecular weight excluding hydrogens is 330 g/mol. The average molecular weight is 355 g/mol. The van der Waals surface area contributed by atoms with Gasteiger partial charge in [-0.3, -0.25) is 14.4 Å². The van der Waals surface area contributed by atoms with Gasteiger partial charge in [0, 0.05) is 62.3 Å². The number of carbonyl (C=O) groups is 1.